The third kappa shape index (κ3) is 5.11. The maximum atomic E-state index is 6.61. The van der Waals surface area contributed by atoms with E-state index in [9.17, 15) is 0 Å². The summed E-state index contributed by atoms with van der Waals surface area (Å²) in [6.07, 6.45) is 5.82. The highest BCUT2D eigenvalue weighted by molar-refractivity contribution is 5.43. The maximum Gasteiger partial charge on any atom is 0.132 e. The van der Waals surface area contributed by atoms with Crippen LogP contribution in [0.1, 0.15) is 44.0 Å². The van der Waals surface area contributed by atoms with Gasteiger partial charge in [-0.3, -0.25) is 4.90 Å². The molecular weight excluding hydrogens is 402 g/mol. The number of aromatic nitrogens is 2. The summed E-state index contributed by atoms with van der Waals surface area (Å²) in [5.74, 6) is 1.76. The van der Waals surface area contributed by atoms with Gasteiger partial charge < -0.3 is 20.1 Å². The van der Waals surface area contributed by atoms with Crippen molar-refractivity contribution in [2.45, 2.75) is 50.4 Å². The van der Waals surface area contributed by atoms with Crippen LogP contribution in [-0.4, -0.2) is 65.9 Å². The summed E-state index contributed by atoms with van der Waals surface area (Å²) in [6, 6.07) is 10.3. The van der Waals surface area contributed by atoms with Crippen LogP contribution in [0.4, 0.5) is 5.82 Å². The van der Waals surface area contributed by atoms with E-state index in [1.807, 2.05) is 36.4 Å². The second-order valence-electron chi connectivity index (χ2n) is 9.19. The molecule has 2 fully saturated rings. The minimum atomic E-state index is -0.342. The molecule has 3 atom stereocenters. The molecule has 0 amide bonds. The Morgan fingerprint density at radius 1 is 1.28 bits per heavy atom. The summed E-state index contributed by atoms with van der Waals surface area (Å²) in [7, 11) is 1.75. The number of benzene rings is 1. The first-order valence-electron chi connectivity index (χ1n) is 11.4. The van der Waals surface area contributed by atoms with E-state index in [0.29, 0.717) is 12.6 Å². The molecule has 1 saturated carbocycles. The fourth-order valence-corrected chi connectivity index (χ4v) is 4.34. The van der Waals surface area contributed by atoms with E-state index < -0.39 is 0 Å². The average Bonchev–Trinajstić information content (AvgIpc) is 3.54. The van der Waals surface area contributed by atoms with Crippen molar-refractivity contribution in [3.63, 3.8) is 0 Å². The molecule has 0 spiro atoms. The first-order chi connectivity index (χ1) is 15.4. The van der Waals surface area contributed by atoms with Gasteiger partial charge in [-0.25, -0.2) is 9.97 Å². The summed E-state index contributed by atoms with van der Waals surface area (Å²) in [6.45, 7) is 11.7. The molecule has 0 bridgehead atoms. The van der Waals surface area contributed by atoms with Crippen LogP contribution in [-0.2, 0) is 4.74 Å². The largest absolute Gasteiger partial charge is 0.488 e. The van der Waals surface area contributed by atoms with Crippen molar-refractivity contribution in [2.75, 3.05) is 38.3 Å². The third-order valence-corrected chi connectivity index (χ3v) is 6.56. The summed E-state index contributed by atoms with van der Waals surface area (Å²) in [5.41, 5.74) is 8.38. The van der Waals surface area contributed by atoms with Gasteiger partial charge >= 0.3 is 0 Å². The number of methoxy groups -OCH3 is 1. The van der Waals surface area contributed by atoms with Crippen molar-refractivity contribution in [1.29, 1.82) is 0 Å². The molecule has 2 heterocycles. The van der Waals surface area contributed by atoms with Gasteiger partial charge in [-0.05, 0) is 44.4 Å². The molecule has 1 aliphatic heterocycles. The van der Waals surface area contributed by atoms with E-state index in [4.69, 9.17) is 15.2 Å². The average molecular weight is 438 g/mol. The molecule has 172 valence electrons. The molecule has 1 aromatic carbocycles. The first kappa shape index (κ1) is 22.7. The number of hydrogen-bond donors (Lipinski definition) is 1. The van der Waals surface area contributed by atoms with Crippen LogP contribution in [0.15, 0.2) is 49.3 Å². The van der Waals surface area contributed by atoms with Crippen LogP contribution in [0.5, 0.6) is 5.75 Å². The van der Waals surface area contributed by atoms with Gasteiger partial charge in [-0.2, -0.15) is 0 Å². The zero-order valence-electron chi connectivity index (χ0n) is 19.4. The van der Waals surface area contributed by atoms with Crippen molar-refractivity contribution in [3.05, 3.63) is 60.6 Å². The van der Waals surface area contributed by atoms with E-state index in [1.165, 1.54) is 0 Å². The van der Waals surface area contributed by atoms with Gasteiger partial charge in [0.2, 0.25) is 0 Å². The van der Waals surface area contributed by atoms with Gasteiger partial charge in [0.15, 0.2) is 0 Å². The van der Waals surface area contributed by atoms with Gasteiger partial charge in [-0.1, -0.05) is 18.2 Å². The molecule has 1 aliphatic carbocycles. The number of hydrogen-bond acceptors (Lipinski definition) is 7. The zero-order chi connectivity index (χ0) is 22.7. The predicted molar refractivity (Wildman–Crippen MR) is 127 cm³/mol. The van der Waals surface area contributed by atoms with Crippen molar-refractivity contribution >= 4 is 5.82 Å². The minimum absolute atomic E-state index is 0.0185. The van der Waals surface area contributed by atoms with Crippen molar-refractivity contribution in [1.82, 2.24) is 14.9 Å². The molecule has 7 nitrogen and oxygen atoms in total. The monoisotopic (exact) mass is 437 g/mol. The Kier molecular flexibility index (Phi) is 6.79. The third-order valence-electron chi connectivity index (χ3n) is 6.56. The van der Waals surface area contributed by atoms with Crippen LogP contribution in [0, 0.1) is 0 Å². The number of ether oxygens (including phenoxy) is 2. The second-order valence-corrected chi connectivity index (χ2v) is 9.19. The molecule has 1 saturated heterocycles. The predicted octanol–water partition coefficient (Wildman–Crippen LogP) is 3.17. The molecule has 32 heavy (non-hydrogen) atoms. The SMILES string of the molecule is C=CC1CN(c2cc(C(N)c3cccc(OC4(C)CC4)c3)ncn2)CCN1C(C)COC. The highest BCUT2D eigenvalue weighted by Crippen LogP contribution is 2.40. The molecule has 2 N–H and O–H groups in total. The fraction of sp³-hybridized carbons (Fsp3) is 0.520. The lowest BCUT2D eigenvalue weighted by molar-refractivity contribution is 0.0762. The normalized spacial score (nSPS) is 22.2. The molecule has 0 radical (unpaired) electrons. The number of nitrogens with two attached hydrogens (primary N) is 1. The van der Waals surface area contributed by atoms with Gasteiger partial charge in [0.1, 0.15) is 23.5 Å². The highest BCUT2D eigenvalue weighted by Gasteiger charge is 2.40. The summed E-state index contributed by atoms with van der Waals surface area (Å²) >= 11 is 0. The van der Waals surface area contributed by atoms with Crippen molar-refractivity contribution in [3.8, 4) is 5.75 Å². The fourth-order valence-electron chi connectivity index (χ4n) is 4.34. The Balaban J connectivity index is 1.48. The Labute approximate surface area is 191 Å². The number of piperazine rings is 1. The summed E-state index contributed by atoms with van der Waals surface area (Å²) in [4.78, 5) is 13.8. The summed E-state index contributed by atoms with van der Waals surface area (Å²) < 4.78 is 11.5. The summed E-state index contributed by atoms with van der Waals surface area (Å²) in [5, 5.41) is 0. The van der Waals surface area contributed by atoms with Gasteiger partial charge in [0.25, 0.3) is 0 Å². The zero-order valence-corrected chi connectivity index (χ0v) is 19.4. The van der Waals surface area contributed by atoms with Crippen molar-refractivity contribution < 1.29 is 9.47 Å². The molecule has 1 aromatic heterocycles. The van der Waals surface area contributed by atoms with Gasteiger partial charge in [-0.15, -0.1) is 6.58 Å². The Morgan fingerprint density at radius 3 is 2.81 bits per heavy atom. The standard InChI is InChI=1S/C25H35N5O2/c1-5-20-15-29(11-12-30(20)18(2)16-31-4)23-14-22(27-17-28-23)24(26)19-7-6-8-21(13-19)32-25(3)9-10-25/h5-8,13-14,17-18,20,24H,1,9-12,15-16,26H2,2-4H3. The topological polar surface area (TPSA) is 76.7 Å². The number of rotatable bonds is 9. The first-order valence-corrected chi connectivity index (χ1v) is 11.4. The highest BCUT2D eigenvalue weighted by atomic mass is 16.5. The molecule has 3 unspecified atom stereocenters. The maximum absolute atomic E-state index is 6.61. The molecule has 4 rings (SSSR count). The quantitative estimate of drug-likeness (QED) is 0.604. The van der Waals surface area contributed by atoms with Gasteiger partial charge in [0.05, 0.1) is 18.3 Å². The van der Waals surface area contributed by atoms with E-state index in [2.05, 4.69) is 40.2 Å². The van der Waals surface area contributed by atoms with Crippen LogP contribution < -0.4 is 15.4 Å². The van der Waals surface area contributed by atoms with E-state index >= 15 is 0 Å². The molecule has 7 heteroatoms. The minimum Gasteiger partial charge on any atom is -0.488 e. The Hall–Kier alpha value is -2.48. The molecular formula is C25H35N5O2. The van der Waals surface area contributed by atoms with Crippen LogP contribution in [0.25, 0.3) is 0 Å². The lowest BCUT2D eigenvalue weighted by Crippen LogP contribution is -2.56. The van der Waals surface area contributed by atoms with Crippen LogP contribution >= 0.6 is 0 Å². The van der Waals surface area contributed by atoms with E-state index in [1.54, 1.807) is 13.4 Å². The lowest BCUT2D eigenvalue weighted by Gasteiger charge is -2.43. The van der Waals surface area contributed by atoms with Gasteiger partial charge in [0, 0.05) is 44.9 Å². The molecule has 2 aromatic rings. The van der Waals surface area contributed by atoms with Crippen LogP contribution in [0.3, 0.4) is 0 Å². The second kappa shape index (κ2) is 9.57. The smallest absolute Gasteiger partial charge is 0.132 e. The number of anilines is 1. The van der Waals surface area contributed by atoms with E-state index in [-0.39, 0.29) is 17.7 Å². The van der Waals surface area contributed by atoms with E-state index in [0.717, 1.165) is 55.3 Å². The lowest BCUT2D eigenvalue weighted by atomic mass is 10.0. The van der Waals surface area contributed by atoms with Crippen molar-refractivity contribution in [2.24, 2.45) is 5.73 Å². The Morgan fingerprint density at radius 2 is 2.09 bits per heavy atom. The molecule has 2 aliphatic rings. The number of nitrogens with zero attached hydrogens (tertiary/aromatic N) is 4. The Bertz CT molecular complexity index is 932. The van der Waals surface area contributed by atoms with Crippen LogP contribution in [0.2, 0.25) is 0 Å².